The van der Waals surface area contributed by atoms with E-state index < -0.39 is 0 Å². The van der Waals surface area contributed by atoms with Gasteiger partial charge in [0, 0.05) is 13.2 Å². The van der Waals surface area contributed by atoms with Crippen LogP contribution in [0.2, 0.25) is 0 Å². The van der Waals surface area contributed by atoms with Gasteiger partial charge in [-0.05, 0) is 20.4 Å². The van der Waals surface area contributed by atoms with Crippen molar-refractivity contribution in [3.8, 4) is 0 Å². The lowest BCUT2D eigenvalue weighted by molar-refractivity contribution is -0.121. The molecule has 2 heterocycles. The van der Waals surface area contributed by atoms with Gasteiger partial charge in [-0.1, -0.05) is 0 Å². The zero-order chi connectivity index (χ0) is 9.47. The Morgan fingerprint density at radius 2 is 2.54 bits per heavy atom. The first-order chi connectivity index (χ1) is 6.18. The maximum atomic E-state index is 11.3. The van der Waals surface area contributed by atoms with Crippen LogP contribution < -0.4 is 5.32 Å². The molecule has 1 amide bonds. The number of nitrogens with zero attached hydrogens (tertiary/aromatic N) is 1. The molecule has 0 radical (unpaired) electrons. The van der Waals surface area contributed by atoms with E-state index in [0.29, 0.717) is 13.0 Å². The molecule has 1 N–H and O–H groups in total. The van der Waals surface area contributed by atoms with Gasteiger partial charge in [-0.3, -0.25) is 9.69 Å². The van der Waals surface area contributed by atoms with E-state index in [0.717, 1.165) is 13.0 Å². The van der Waals surface area contributed by atoms with Gasteiger partial charge in [0.05, 0.1) is 6.42 Å². The highest BCUT2D eigenvalue weighted by Crippen LogP contribution is 2.36. The van der Waals surface area contributed by atoms with Gasteiger partial charge in [-0.15, -0.1) is 0 Å². The standard InChI is InChI=1S/C9H16N2O2/c1-3-13-9-4-5-11(2)8(9)10-7(12)6-9/h8H,3-6H2,1-2H3,(H,10,12). The molecule has 2 aliphatic rings. The fraction of sp³-hybridized carbons (Fsp3) is 0.889. The van der Waals surface area contributed by atoms with Crippen molar-refractivity contribution in [2.75, 3.05) is 20.2 Å². The second kappa shape index (κ2) is 2.96. The molecule has 0 aromatic carbocycles. The van der Waals surface area contributed by atoms with Crippen LogP contribution in [-0.2, 0) is 9.53 Å². The summed E-state index contributed by atoms with van der Waals surface area (Å²) in [7, 11) is 2.02. The van der Waals surface area contributed by atoms with Gasteiger partial charge in [0.1, 0.15) is 11.8 Å². The number of hydrogen-bond acceptors (Lipinski definition) is 3. The fourth-order valence-electron chi connectivity index (χ4n) is 2.42. The normalized spacial score (nSPS) is 39.2. The largest absolute Gasteiger partial charge is 0.371 e. The minimum Gasteiger partial charge on any atom is -0.371 e. The van der Waals surface area contributed by atoms with Crippen molar-refractivity contribution in [3.63, 3.8) is 0 Å². The molecular formula is C9H16N2O2. The highest BCUT2D eigenvalue weighted by Gasteiger charge is 2.53. The minimum atomic E-state index is -0.236. The summed E-state index contributed by atoms with van der Waals surface area (Å²) in [4.78, 5) is 13.4. The van der Waals surface area contributed by atoms with Gasteiger partial charge < -0.3 is 10.1 Å². The Morgan fingerprint density at radius 3 is 3.23 bits per heavy atom. The molecular weight excluding hydrogens is 168 g/mol. The van der Waals surface area contributed by atoms with Gasteiger partial charge >= 0.3 is 0 Å². The van der Waals surface area contributed by atoms with Crippen molar-refractivity contribution >= 4 is 5.91 Å². The number of hydrogen-bond donors (Lipinski definition) is 1. The Labute approximate surface area is 78.2 Å². The molecule has 2 saturated heterocycles. The zero-order valence-electron chi connectivity index (χ0n) is 8.17. The van der Waals surface area contributed by atoms with Crippen LogP contribution in [0.3, 0.4) is 0 Å². The number of nitrogens with one attached hydrogen (secondary N) is 1. The topological polar surface area (TPSA) is 41.6 Å². The van der Waals surface area contributed by atoms with Crippen LogP contribution in [0, 0.1) is 0 Å². The summed E-state index contributed by atoms with van der Waals surface area (Å²) in [6, 6.07) is 0. The molecule has 0 aromatic heterocycles. The van der Waals surface area contributed by atoms with Crippen LogP contribution in [-0.4, -0.2) is 42.8 Å². The van der Waals surface area contributed by atoms with Crippen LogP contribution in [0.15, 0.2) is 0 Å². The quantitative estimate of drug-likeness (QED) is 0.654. The van der Waals surface area contributed by atoms with E-state index >= 15 is 0 Å². The summed E-state index contributed by atoms with van der Waals surface area (Å²) < 4.78 is 5.73. The number of carbonyl (C=O) groups is 1. The number of likely N-dealkylation sites (N-methyl/N-ethyl adjacent to an activating group) is 1. The molecule has 2 unspecified atom stereocenters. The highest BCUT2D eigenvalue weighted by molar-refractivity contribution is 5.80. The molecule has 13 heavy (non-hydrogen) atoms. The van der Waals surface area contributed by atoms with Crippen LogP contribution in [0.4, 0.5) is 0 Å². The summed E-state index contributed by atoms with van der Waals surface area (Å²) in [5.41, 5.74) is -0.236. The van der Waals surface area contributed by atoms with Gasteiger partial charge in [0.15, 0.2) is 0 Å². The second-order valence-corrected chi connectivity index (χ2v) is 3.88. The van der Waals surface area contributed by atoms with Crippen molar-refractivity contribution in [2.24, 2.45) is 0 Å². The molecule has 0 aliphatic carbocycles. The van der Waals surface area contributed by atoms with Crippen LogP contribution in [0.5, 0.6) is 0 Å². The first kappa shape index (κ1) is 8.97. The van der Waals surface area contributed by atoms with E-state index in [1.165, 1.54) is 0 Å². The molecule has 2 fully saturated rings. The minimum absolute atomic E-state index is 0.0972. The molecule has 2 atom stereocenters. The van der Waals surface area contributed by atoms with Crippen molar-refractivity contribution in [3.05, 3.63) is 0 Å². The predicted molar refractivity (Wildman–Crippen MR) is 48.2 cm³/mol. The van der Waals surface area contributed by atoms with Crippen molar-refractivity contribution in [2.45, 2.75) is 31.5 Å². The highest BCUT2D eigenvalue weighted by atomic mass is 16.5. The van der Waals surface area contributed by atoms with Crippen LogP contribution >= 0.6 is 0 Å². The predicted octanol–water partition coefficient (Wildman–Crippen LogP) is -0.0568. The summed E-state index contributed by atoms with van der Waals surface area (Å²) in [5.74, 6) is 0.116. The van der Waals surface area contributed by atoms with E-state index in [4.69, 9.17) is 4.74 Å². The summed E-state index contributed by atoms with van der Waals surface area (Å²) in [6.45, 7) is 3.66. The number of amides is 1. The molecule has 74 valence electrons. The first-order valence-corrected chi connectivity index (χ1v) is 4.81. The summed E-state index contributed by atoms with van der Waals surface area (Å²) >= 11 is 0. The third kappa shape index (κ3) is 1.25. The number of rotatable bonds is 2. The van der Waals surface area contributed by atoms with Crippen LogP contribution in [0.1, 0.15) is 19.8 Å². The average molecular weight is 184 g/mol. The lowest BCUT2D eigenvalue weighted by Crippen LogP contribution is -2.47. The maximum Gasteiger partial charge on any atom is 0.224 e. The Bertz CT molecular complexity index is 228. The van der Waals surface area contributed by atoms with E-state index in [9.17, 15) is 4.79 Å². The molecule has 2 aliphatic heterocycles. The zero-order valence-corrected chi connectivity index (χ0v) is 8.17. The van der Waals surface area contributed by atoms with E-state index in [1.54, 1.807) is 0 Å². The Morgan fingerprint density at radius 1 is 1.77 bits per heavy atom. The molecule has 4 nitrogen and oxygen atoms in total. The van der Waals surface area contributed by atoms with Crippen molar-refractivity contribution in [1.29, 1.82) is 0 Å². The summed E-state index contributed by atoms with van der Waals surface area (Å²) in [5, 5.41) is 2.95. The molecule has 2 rings (SSSR count). The van der Waals surface area contributed by atoms with Gasteiger partial charge in [0.25, 0.3) is 0 Å². The average Bonchev–Trinajstić information content (AvgIpc) is 2.51. The number of likely N-dealkylation sites (tertiary alicyclic amines) is 1. The van der Waals surface area contributed by atoms with Gasteiger partial charge in [0.2, 0.25) is 5.91 Å². The Balaban J connectivity index is 2.19. The van der Waals surface area contributed by atoms with Crippen LogP contribution in [0.25, 0.3) is 0 Å². The molecule has 0 spiro atoms. The Hall–Kier alpha value is -0.610. The van der Waals surface area contributed by atoms with E-state index in [1.807, 2.05) is 14.0 Å². The number of carbonyl (C=O) groups excluding carboxylic acids is 1. The molecule has 0 bridgehead atoms. The fourth-order valence-corrected chi connectivity index (χ4v) is 2.42. The van der Waals surface area contributed by atoms with Gasteiger partial charge in [-0.2, -0.15) is 0 Å². The molecule has 0 saturated carbocycles. The number of fused-ring (bicyclic) bond motifs is 1. The first-order valence-electron chi connectivity index (χ1n) is 4.81. The lowest BCUT2D eigenvalue weighted by Gasteiger charge is -2.28. The number of ether oxygens (including phenoxy) is 1. The third-order valence-corrected chi connectivity index (χ3v) is 3.02. The summed E-state index contributed by atoms with van der Waals surface area (Å²) in [6.07, 6.45) is 1.58. The smallest absolute Gasteiger partial charge is 0.224 e. The lowest BCUT2D eigenvalue weighted by atomic mass is 9.99. The van der Waals surface area contributed by atoms with Crippen molar-refractivity contribution in [1.82, 2.24) is 10.2 Å². The van der Waals surface area contributed by atoms with Gasteiger partial charge in [-0.25, -0.2) is 0 Å². The van der Waals surface area contributed by atoms with E-state index in [-0.39, 0.29) is 17.7 Å². The van der Waals surface area contributed by atoms with Crippen molar-refractivity contribution < 1.29 is 9.53 Å². The molecule has 4 heteroatoms. The Kier molecular flexibility index (Phi) is 2.04. The third-order valence-electron chi connectivity index (χ3n) is 3.02. The van der Waals surface area contributed by atoms with E-state index in [2.05, 4.69) is 10.2 Å². The SMILES string of the molecule is CCOC12CCN(C)C1NC(=O)C2. The second-order valence-electron chi connectivity index (χ2n) is 3.88. The monoisotopic (exact) mass is 184 g/mol. The molecule has 0 aromatic rings. The maximum absolute atomic E-state index is 11.3.